The van der Waals surface area contributed by atoms with Crippen molar-refractivity contribution in [2.24, 2.45) is 5.92 Å². The van der Waals surface area contributed by atoms with E-state index in [0.29, 0.717) is 31.1 Å². The largest absolute Gasteiger partial charge is 0.352 e. The van der Waals surface area contributed by atoms with Crippen LogP contribution in [-0.2, 0) is 4.79 Å². The predicted octanol–water partition coefficient (Wildman–Crippen LogP) is 1.44. The van der Waals surface area contributed by atoms with Crippen molar-refractivity contribution in [1.29, 1.82) is 5.26 Å². The third-order valence-electron chi connectivity index (χ3n) is 4.43. The van der Waals surface area contributed by atoms with Gasteiger partial charge in [0.2, 0.25) is 5.91 Å². The topological polar surface area (TPSA) is 102 Å². The van der Waals surface area contributed by atoms with Crippen LogP contribution < -0.4 is 5.32 Å². The number of aromatic nitrogens is 2. The van der Waals surface area contributed by atoms with Gasteiger partial charge in [0, 0.05) is 25.2 Å². The first kappa shape index (κ1) is 16.0. The lowest BCUT2D eigenvalue weighted by Crippen LogP contribution is -2.41. The van der Waals surface area contributed by atoms with Crippen molar-refractivity contribution in [3.63, 3.8) is 0 Å². The van der Waals surface area contributed by atoms with E-state index in [-0.39, 0.29) is 18.2 Å². The van der Waals surface area contributed by atoms with Gasteiger partial charge in [0.05, 0.1) is 23.4 Å². The first-order valence-electron chi connectivity index (χ1n) is 8.03. The highest BCUT2D eigenvalue weighted by Gasteiger charge is 2.22. The lowest BCUT2D eigenvalue weighted by molar-refractivity contribution is -0.131. The zero-order chi connectivity index (χ0) is 16.9. The van der Waals surface area contributed by atoms with Gasteiger partial charge >= 0.3 is 0 Å². The molecule has 24 heavy (non-hydrogen) atoms. The quantitative estimate of drug-likeness (QED) is 0.888. The van der Waals surface area contributed by atoms with Crippen molar-refractivity contribution in [1.82, 2.24) is 20.2 Å². The van der Waals surface area contributed by atoms with Gasteiger partial charge in [-0.25, -0.2) is 4.98 Å². The van der Waals surface area contributed by atoms with Gasteiger partial charge in [-0.1, -0.05) is 0 Å². The predicted molar refractivity (Wildman–Crippen MR) is 88.0 cm³/mol. The van der Waals surface area contributed by atoms with Crippen LogP contribution in [0.1, 0.15) is 29.6 Å². The molecular formula is C17H19N5O2. The Morgan fingerprint density at radius 2 is 2.17 bits per heavy atom. The Bertz CT molecular complexity index is 784. The van der Waals surface area contributed by atoms with Gasteiger partial charge in [0.1, 0.15) is 6.42 Å². The number of hydrogen-bond acceptors (Lipinski definition) is 4. The van der Waals surface area contributed by atoms with Crippen LogP contribution in [0.3, 0.4) is 0 Å². The summed E-state index contributed by atoms with van der Waals surface area (Å²) in [7, 11) is 0. The maximum atomic E-state index is 12.3. The third-order valence-corrected chi connectivity index (χ3v) is 4.43. The van der Waals surface area contributed by atoms with Crippen LogP contribution in [0.4, 0.5) is 0 Å². The van der Waals surface area contributed by atoms with E-state index < -0.39 is 0 Å². The summed E-state index contributed by atoms with van der Waals surface area (Å²) in [6.45, 7) is 1.91. The standard InChI is InChI=1S/C17H19N5O2/c18-6-3-16(23)22-7-4-12(5-8-22)10-19-17(24)13-1-2-14-15(9-13)21-11-20-14/h1-2,9,11-12H,3-5,7-8,10H2,(H,19,24)(H,20,21). The number of carbonyl (C=O) groups excluding carboxylic acids is 2. The van der Waals surface area contributed by atoms with Crippen LogP contribution in [0.2, 0.25) is 0 Å². The Morgan fingerprint density at radius 1 is 1.38 bits per heavy atom. The summed E-state index contributed by atoms with van der Waals surface area (Å²) < 4.78 is 0. The van der Waals surface area contributed by atoms with Crippen molar-refractivity contribution in [2.75, 3.05) is 19.6 Å². The zero-order valence-electron chi connectivity index (χ0n) is 13.3. The smallest absolute Gasteiger partial charge is 0.251 e. The molecule has 0 bridgehead atoms. The molecule has 2 amide bonds. The Labute approximate surface area is 139 Å². The summed E-state index contributed by atoms with van der Waals surface area (Å²) in [4.78, 5) is 32.8. The Kier molecular flexibility index (Phi) is 4.75. The van der Waals surface area contributed by atoms with Crippen LogP contribution in [0, 0.1) is 17.2 Å². The van der Waals surface area contributed by atoms with Gasteiger partial charge in [-0.05, 0) is 37.0 Å². The minimum Gasteiger partial charge on any atom is -0.352 e. The number of carbonyl (C=O) groups is 2. The molecule has 1 fully saturated rings. The van der Waals surface area contributed by atoms with Crippen LogP contribution in [-0.4, -0.2) is 46.3 Å². The number of piperidine rings is 1. The molecule has 124 valence electrons. The Morgan fingerprint density at radius 3 is 2.92 bits per heavy atom. The molecular weight excluding hydrogens is 306 g/mol. The number of aromatic amines is 1. The third kappa shape index (κ3) is 3.54. The van der Waals surface area contributed by atoms with Crippen molar-refractivity contribution in [2.45, 2.75) is 19.3 Å². The monoisotopic (exact) mass is 325 g/mol. The summed E-state index contributed by atoms with van der Waals surface area (Å²) in [5, 5.41) is 11.5. The molecule has 1 aromatic carbocycles. The molecule has 1 aliphatic heterocycles. The number of rotatable bonds is 4. The highest BCUT2D eigenvalue weighted by atomic mass is 16.2. The molecule has 0 spiro atoms. The number of H-pyrrole nitrogens is 1. The minimum atomic E-state index is -0.104. The van der Waals surface area contributed by atoms with Crippen LogP contribution >= 0.6 is 0 Å². The second kappa shape index (κ2) is 7.13. The molecule has 1 aromatic heterocycles. The highest BCUT2D eigenvalue weighted by molar-refractivity contribution is 5.97. The second-order valence-electron chi connectivity index (χ2n) is 6.00. The Balaban J connectivity index is 1.48. The summed E-state index contributed by atoms with van der Waals surface area (Å²) in [5.41, 5.74) is 2.28. The van der Waals surface area contributed by atoms with E-state index in [1.807, 2.05) is 12.1 Å². The van der Waals surface area contributed by atoms with E-state index in [2.05, 4.69) is 15.3 Å². The molecule has 0 radical (unpaired) electrons. The molecule has 0 unspecified atom stereocenters. The summed E-state index contributed by atoms with van der Waals surface area (Å²) in [6.07, 6.45) is 3.24. The van der Waals surface area contributed by atoms with Gasteiger partial charge < -0.3 is 15.2 Å². The fourth-order valence-corrected chi connectivity index (χ4v) is 2.98. The molecule has 0 atom stereocenters. The molecule has 0 saturated carbocycles. The molecule has 2 heterocycles. The molecule has 0 aliphatic carbocycles. The minimum absolute atomic E-state index is 0.0581. The van der Waals surface area contributed by atoms with Crippen molar-refractivity contribution in [3.8, 4) is 6.07 Å². The number of amides is 2. The molecule has 1 aliphatic rings. The van der Waals surface area contributed by atoms with E-state index in [4.69, 9.17) is 5.26 Å². The fourth-order valence-electron chi connectivity index (χ4n) is 2.98. The maximum absolute atomic E-state index is 12.3. The van der Waals surface area contributed by atoms with Crippen molar-refractivity contribution in [3.05, 3.63) is 30.1 Å². The van der Waals surface area contributed by atoms with E-state index in [9.17, 15) is 9.59 Å². The number of fused-ring (bicyclic) bond motifs is 1. The number of likely N-dealkylation sites (tertiary alicyclic amines) is 1. The van der Waals surface area contributed by atoms with Gasteiger partial charge in [-0.3, -0.25) is 9.59 Å². The molecule has 2 aromatic rings. The summed E-state index contributed by atoms with van der Waals surface area (Å²) in [6, 6.07) is 7.27. The SMILES string of the molecule is N#CCC(=O)N1CCC(CNC(=O)c2ccc3nc[nH]c3c2)CC1. The number of hydrogen-bond donors (Lipinski definition) is 2. The number of nitrogens with zero attached hydrogens (tertiary/aromatic N) is 3. The highest BCUT2D eigenvalue weighted by Crippen LogP contribution is 2.17. The average Bonchev–Trinajstić information content (AvgIpc) is 3.08. The number of imidazole rings is 1. The van der Waals surface area contributed by atoms with Gasteiger partial charge in [0.15, 0.2) is 0 Å². The second-order valence-corrected chi connectivity index (χ2v) is 6.00. The van der Waals surface area contributed by atoms with Crippen LogP contribution in [0.5, 0.6) is 0 Å². The molecule has 1 saturated heterocycles. The number of nitriles is 1. The lowest BCUT2D eigenvalue weighted by atomic mass is 9.96. The lowest BCUT2D eigenvalue weighted by Gasteiger charge is -2.31. The number of benzene rings is 1. The van der Waals surface area contributed by atoms with Crippen LogP contribution in [0.15, 0.2) is 24.5 Å². The fraction of sp³-hybridized carbons (Fsp3) is 0.412. The average molecular weight is 325 g/mol. The van der Waals surface area contributed by atoms with E-state index in [0.717, 1.165) is 23.9 Å². The van der Waals surface area contributed by atoms with E-state index >= 15 is 0 Å². The van der Waals surface area contributed by atoms with E-state index in [1.54, 1.807) is 23.4 Å². The molecule has 7 nitrogen and oxygen atoms in total. The first-order valence-corrected chi connectivity index (χ1v) is 8.03. The number of nitrogens with one attached hydrogen (secondary N) is 2. The normalized spacial score (nSPS) is 15.2. The molecule has 2 N–H and O–H groups in total. The van der Waals surface area contributed by atoms with Crippen molar-refractivity contribution < 1.29 is 9.59 Å². The first-order chi connectivity index (χ1) is 11.7. The van der Waals surface area contributed by atoms with Gasteiger partial charge in [0.25, 0.3) is 5.91 Å². The van der Waals surface area contributed by atoms with Gasteiger partial charge in [-0.15, -0.1) is 0 Å². The zero-order valence-corrected chi connectivity index (χ0v) is 13.3. The van der Waals surface area contributed by atoms with Crippen molar-refractivity contribution >= 4 is 22.8 Å². The van der Waals surface area contributed by atoms with Crippen LogP contribution in [0.25, 0.3) is 11.0 Å². The van der Waals surface area contributed by atoms with E-state index in [1.165, 1.54) is 0 Å². The molecule has 7 heteroatoms. The summed E-state index contributed by atoms with van der Waals surface area (Å²) >= 11 is 0. The Hall–Kier alpha value is -2.88. The molecule has 3 rings (SSSR count). The maximum Gasteiger partial charge on any atom is 0.251 e. The summed E-state index contributed by atoms with van der Waals surface area (Å²) in [5.74, 6) is 0.151. The van der Waals surface area contributed by atoms with Gasteiger partial charge in [-0.2, -0.15) is 5.26 Å².